The van der Waals surface area contributed by atoms with Gasteiger partial charge in [0.05, 0.1) is 23.6 Å². The van der Waals surface area contributed by atoms with Gasteiger partial charge in [-0.3, -0.25) is 14.5 Å². The van der Waals surface area contributed by atoms with E-state index < -0.39 is 5.82 Å². The molecule has 34 heavy (non-hydrogen) atoms. The van der Waals surface area contributed by atoms with Gasteiger partial charge in [-0.25, -0.2) is 4.39 Å². The van der Waals surface area contributed by atoms with Crippen LogP contribution in [0, 0.1) is 5.82 Å². The summed E-state index contributed by atoms with van der Waals surface area (Å²) in [6.45, 7) is 0.0671. The summed E-state index contributed by atoms with van der Waals surface area (Å²) >= 11 is 10.4. The summed E-state index contributed by atoms with van der Waals surface area (Å²) in [7, 11) is 1.49. The molecule has 0 aliphatic carbocycles. The zero-order valence-corrected chi connectivity index (χ0v) is 21.0. The van der Waals surface area contributed by atoms with Gasteiger partial charge in [-0.1, -0.05) is 57.9 Å². The topological polar surface area (TPSA) is 55.8 Å². The Labute approximate surface area is 213 Å². The highest BCUT2D eigenvalue weighted by molar-refractivity contribution is 9.10. The highest BCUT2D eigenvalue weighted by Gasteiger charge is 2.35. The number of halogens is 3. The Morgan fingerprint density at radius 2 is 1.88 bits per heavy atom. The first-order valence-corrected chi connectivity index (χ1v) is 12.1. The van der Waals surface area contributed by atoms with E-state index in [2.05, 4.69) is 15.9 Å². The highest BCUT2D eigenvalue weighted by atomic mass is 79.9. The maximum absolute atomic E-state index is 14.1. The molecule has 1 saturated heterocycles. The number of hydrogen-bond acceptors (Lipinski definition) is 5. The molecule has 5 nitrogen and oxygen atoms in total. The average molecular weight is 563 g/mol. The maximum atomic E-state index is 14.1. The van der Waals surface area contributed by atoms with Gasteiger partial charge in [0.25, 0.3) is 11.1 Å². The van der Waals surface area contributed by atoms with Gasteiger partial charge in [-0.05, 0) is 59.3 Å². The molecule has 0 bridgehead atoms. The third-order valence-electron chi connectivity index (χ3n) is 5.08. The number of methoxy groups -OCH3 is 1. The first-order valence-electron chi connectivity index (χ1n) is 10.1. The van der Waals surface area contributed by atoms with Crippen molar-refractivity contribution in [2.24, 2.45) is 0 Å². The van der Waals surface area contributed by atoms with Crippen molar-refractivity contribution in [3.63, 3.8) is 0 Å². The summed E-state index contributed by atoms with van der Waals surface area (Å²) < 4.78 is 26.1. The van der Waals surface area contributed by atoms with Crippen molar-refractivity contribution in [2.45, 2.75) is 13.2 Å². The molecule has 1 aliphatic rings. The Kier molecular flexibility index (Phi) is 7.60. The number of ether oxygens (including phenoxy) is 2. The molecular weight excluding hydrogens is 545 g/mol. The number of imide groups is 1. The van der Waals surface area contributed by atoms with E-state index >= 15 is 0 Å². The number of thioether (sulfide) groups is 1. The van der Waals surface area contributed by atoms with Crippen LogP contribution in [0.25, 0.3) is 6.08 Å². The third kappa shape index (κ3) is 5.29. The molecule has 4 rings (SSSR count). The first-order chi connectivity index (χ1) is 16.4. The lowest BCUT2D eigenvalue weighted by atomic mass is 10.1. The number of carbonyl (C=O) groups is 2. The lowest BCUT2D eigenvalue weighted by Gasteiger charge is -2.14. The molecule has 1 heterocycles. The SMILES string of the molecule is COc1ccc(/C=C2\SC(=O)N(Cc3ccccc3Br)C2=O)cc1OCc1c(F)cccc1Cl. The van der Waals surface area contributed by atoms with Gasteiger partial charge in [0.1, 0.15) is 12.4 Å². The molecule has 0 N–H and O–H groups in total. The zero-order valence-electron chi connectivity index (χ0n) is 17.9. The van der Waals surface area contributed by atoms with Crippen LogP contribution in [0.5, 0.6) is 11.5 Å². The molecular formula is C25H18BrClFNO4S. The van der Waals surface area contributed by atoms with Gasteiger partial charge in [0, 0.05) is 10.0 Å². The standard InChI is InChI=1S/C25H18BrClFNO4S/c1-32-21-10-9-15(11-22(21)33-14-17-19(27)7-4-8-20(17)28)12-23-24(30)29(25(31)34-23)13-16-5-2-3-6-18(16)26/h2-12H,13-14H2,1H3/b23-12-. The number of hydrogen-bond donors (Lipinski definition) is 0. The fraction of sp³-hybridized carbons (Fsp3) is 0.120. The van der Waals surface area contributed by atoms with E-state index in [0.717, 1.165) is 21.8 Å². The fourth-order valence-corrected chi connectivity index (χ4v) is 4.77. The van der Waals surface area contributed by atoms with Crippen LogP contribution >= 0.6 is 39.3 Å². The highest BCUT2D eigenvalue weighted by Crippen LogP contribution is 2.36. The predicted molar refractivity (Wildman–Crippen MR) is 134 cm³/mol. The number of amides is 2. The minimum atomic E-state index is -0.471. The van der Waals surface area contributed by atoms with Gasteiger partial charge in [0.2, 0.25) is 0 Å². The molecule has 0 spiro atoms. The van der Waals surface area contributed by atoms with E-state index in [0.29, 0.717) is 22.0 Å². The smallest absolute Gasteiger partial charge is 0.293 e. The molecule has 0 aromatic heterocycles. The molecule has 3 aromatic carbocycles. The van der Waals surface area contributed by atoms with E-state index in [1.165, 1.54) is 24.1 Å². The van der Waals surface area contributed by atoms with E-state index in [1.54, 1.807) is 30.3 Å². The predicted octanol–water partition coefficient (Wildman–Crippen LogP) is 7.07. The van der Waals surface area contributed by atoms with Crippen molar-refractivity contribution in [1.29, 1.82) is 0 Å². The molecule has 9 heteroatoms. The second-order valence-corrected chi connectivity index (χ2v) is 9.51. The van der Waals surface area contributed by atoms with Gasteiger partial charge in [0.15, 0.2) is 11.5 Å². The molecule has 1 fully saturated rings. The molecule has 0 unspecified atom stereocenters. The van der Waals surface area contributed by atoms with Crippen molar-refractivity contribution < 1.29 is 23.5 Å². The summed E-state index contributed by atoms with van der Waals surface area (Å²) in [6.07, 6.45) is 1.62. The summed E-state index contributed by atoms with van der Waals surface area (Å²) in [5, 5.41) is -0.0833. The van der Waals surface area contributed by atoms with Gasteiger partial charge < -0.3 is 9.47 Å². The van der Waals surface area contributed by atoms with Crippen LogP contribution in [0.2, 0.25) is 5.02 Å². The summed E-state index contributed by atoms with van der Waals surface area (Å²) in [5.41, 5.74) is 1.68. The summed E-state index contributed by atoms with van der Waals surface area (Å²) in [5.74, 6) is -0.0572. The van der Waals surface area contributed by atoms with Crippen LogP contribution in [0.15, 0.2) is 70.0 Å². The molecule has 0 radical (unpaired) electrons. The van der Waals surface area contributed by atoms with Gasteiger partial charge in [-0.2, -0.15) is 0 Å². The van der Waals surface area contributed by atoms with Crippen LogP contribution in [0.4, 0.5) is 9.18 Å². The monoisotopic (exact) mass is 561 g/mol. The number of carbonyl (C=O) groups excluding carboxylic acids is 2. The second kappa shape index (κ2) is 10.6. The molecule has 0 atom stereocenters. The summed E-state index contributed by atoms with van der Waals surface area (Å²) in [6, 6.07) is 16.9. The minimum absolute atomic E-state index is 0.103. The van der Waals surface area contributed by atoms with Crippen LogP contribution < -0.4 is 9.47 Å². The fourth-order valence-electron chi connectivity index (χ4n) is 3.30. The van der Waals surface area contributed by atoms with Crippen molar-refractivity contribution in [3.8, 4) is 11.5 Å². The molecule has 1 aliphatic heterocycles. The average Bonchev–Trinajstić information content (AvgIpc) is 3.07. The normalized spacial score (nSPS) is 14.7. The van der Waals surface area contributed by atoms with Crippen LogP contribution in [0.3, 0.4) is 0 Å². The van der Waals surface area contributed by atoms with Gasteiger partial charge in [-0.15, -0.1) is 0 Å². The first kappa shape index (κ1) is 24.3. The molecule has 174 valence electrons. The number of benzene rings is 3. The lowest BCUT2D eigenvalue weighted by molar-refractivity contribution is -0.123. The van der Waals surface area contributed by atoms with Crippen LogP contribution in [-0.4, -0.2) is 23.2 Å². The van der Waals surface area contributed by atoms with Crippen molar-refractivity contribution in [3.05, 3.63) is 97.6 Å². The van der Waals surface area contributed by atoms with Crippen molar-refractivity contribution in [2.75, 3.05) is 7.11 Å². The number of nitrogens with zero attached hydrogens (tertiary/aromatic N) is 1. The lowest BCUT2D eigenvalue weighted by Crippen LogP contribution is -2.27. The van der Waals surface area contributed by atoms with Crippen molar-refractivity contribution in [1.82, 2.24) is 4.90 Å². The maximum Gasteiger partial charge on any atom is 0.293 e. The Bertz CT molecular complexity index is 1280. The third-order valence-corrected chi connectivity index (χ3v) is 7.11. The quantitative estimate of drug-likeness (QED) is 0.288. The molecule has 0 saturated carbocycles. The summed E-state index contributed by atoms with van der Waals surface area (Å²) in [4.78, 5) is 26.9. The Morgan fingerprint density at radius 1 is 1.09 bits per heavy atom. The zero-order chi connectivity index (χ0) is 24.2. The van der Waals surface area contributed by atoms with Crippen molar-refractivity contribution >= 4 is 56.5 Å². The number of rotatable bonds is 7. The molecule has 3 aromatic rings. The van der Waals surface area contributed by atoms with E-state index in [-0.39, 0.29) is 34.9 Å². The van der Waals surface area contributed by atoms with Gasteiger partial charge >= 0.3 is 0 Å². The van der Waals surface area contributed by atoms with Crippen LogP contribution in [-0.2, 0) is 17.9 Å². The Morgan fingerprint density at radius 3 is 2.62 bits per heavy atom. The van der Waals surface area contributed by atoms with Crippen LogP contribution in [0.1, 0.15) is 16.7 Å². The van der Waals surface area contributed by atoms with E-state index in [4.69, 9.17) is 21.1 Å². The molecule has 2 amide bonds. The Balaban J connectivity index is 1.55. The second-order valence-electron chi connectivity index (χ2n) is 7.26. The van der Waals surface area contributed by atoms with E-state index in [9.17, 15) is 14.0 Å². The minimum Gasteiger partial charge on any atom is -0.493 e. The van der Waals surface area contributed by atoms with E-state index in [1.807, 2.05) is 24.3 Å². The Hall–Kier alpha value is -2.81. The largest absolute Gasteiger partial charge is 0.493 e.